The van der Waals surface area contributed by atoms with Gasteiger partial charge in [0.15, 0.2) is 0 Å². The van der Waals surface area contributed by atoms with E-state index in [1.165, 1.54) is 0 Å². The number of ether oxygens (including phenoxy) is 2. The minimum Gasteiger partial charge on any atom is -0.466 e. The van der Waals surface area contributed by atoms with E-state index in [9.17, 15) is 14.4 Å². The Morgan fingerprint density at radius 1 is 1.29 bits per heavy atom. The van der Waals surface area contributed by atoms with Crippen molar-refractivity contribution in [2.24, 2.45) is 11.8 Å². The molecule has 3 aliphatic heterocycles. The molecule has 3 heterocycles. The molecule has 0 radical (unpaired) electrons. The molecule has 3 unspecified atom stereocenters. The number of aliphatic hydroxyl groups is 1. The lowest BCUT2D eigenvalue weighted by atomic mass is 9.70. The molecule has 3 rings (SSSR count). The van der Waals surface area contributed by atoms with E-state index >= 15 is 0 Å². The predicted molar refractivity (Wildman–Crippen MR) is 114 cm³/mol. The minimum absolute atomic E-state index is 0.00825. The third kappa shape index (κ3) is 4.46. The van der Waals surface area contributed by atoms with E-state index in [1.54, 1.807) is 11.8 Å². The summed E-state index contributed by atoms with van der Waals surface area (Å²) in [6.45, 7) is 6.66. The predicted octanol–water partition coefficient (Wildman–Crippen LogP) is 1.78. The molecule has 8 nitrogen and oxygen atoms in total. The fourth-order valence-corrected chi connectivity index (χ4v) is 5.77. The van der Waals surface area contributed by atoms with Crippen molar-refractivity contribution in [3.05, 3.63) is 0 Å². The second-order valence-corrected chi connectivity index (χ2v) is 9.18. The Balaban J connectivity index is 1.84. The van der Waals surface area contributed by atoms with Gasteiger partial charge in [0.1, 0.15) is 11.6 Å². The summed E-state index contributed by atoms with van der Waals surface area (Å²) in [6, 6.07) is -0.708. The number of rotatable bonds is 12. The van der Waals surface area contributed by atoms with Gasteiger partial charge in [0.05, 0.1) is 24.5 Å². The van der Waals surface area contributed by atoms with Crippen molar-refractivity contribution in [1.82, 2.24) is 10.2 Å². The van der Waals surface area contributed by atoms with Crippen LogP contribution in [0.4, 0.5) is 0 Å². The van der Waals surface area contributed by atoms with Gasteiger partial charge in [-0.3, -0.25) is 14.4 Å². The first-order valence-electron chi connectivity index (χ1n) is 12.0. The number of likely N-dealkylation sites (tertiary alicyclic amines) is 1. The second kappa shape index (κ2) is 10.3. The number of carbonyl (C=O) groups is 3. The van der Waals surface area contributed by atoms with Gasteiger partial charge in [-0.15, -0.1) is 0 Å². The molecule has 0 aliphatic carbocycles. The molecule has 1 spiro atoms. The summed E-state index contributed by atoms with van der Waals surface area (Å²) in [5, 5.41) is 12.1. The quantitative estimate of drug-likeness (QED) is 0.355. The van der Waals surface area contributed by atoms with Crippen molar-refractivity contribution in [1.29, 1.82) is 0 Å². The molecule has 2 amide bonds. The van der Waals surface area contributed by atoms with Gasteiger partial charge < -0.3 is 24.8 Å². The van der Waals surface area contributed by atoms with Gasteiger partial charge in [-0.25, -0.2) is 0 Å². The van der Waals surface area contributed by atoms with Crippen LogP contribution in [0.2, 0.25) is 0 Å². The van der Waals surface area contributed by atoms with Gasteiger partial charge in [0.25, 0.3) is 0 Å². The Morgan fingerprint density at radius 3 is 2.71 bits per heavy atom. The van der Waals surface area contributed by atoms with Gasteiger partial charge in [-0.1, -0.05) is 26.2 Å². The monoisotopic (exact) mass is 438 g/mol. The molecule has 0 saturated carbocycles. The maximum Gasteiger partial charge on any atom is 0.312 e. The van der Waals surface area contributed by atoms with Crippen LogP contribution in [0.3, 0.4) is 0 Å². The van der Waals surface area contributed by atoms with E-state index in [2.05, 4.69) is 12.2 Å². The van der Waals surface area contributed by atoms with E-state index in [-0.39, 0.29) is 37.2 Å². The van der Waals surface area contributed by atoms with Gasteiger partial charge in [-0.05, 0) is 46.0 Å². The molecule has 2 N–H and O–H groups in total. The molecule has 3 aliphatic rings. The number of aliphatic hydroxyl groups excluding tert-OH is 1. The van der Waals surface area contributed by atoms with Crippen LogP contribution in [0.1, 0.15) is 72.1 Å². The molecular formula is C23H38N2O6. The molecule has 31 heavy (non-hydrogen) atoms. The Hall–Kier alpha value is -1.67. The molecule has 0 aromatic rings. The Kier molecular flexibility index (Phi) is 7.97. The first kappa shape index (κ1) is 24.0. The summed E-state index contributed by atoms with van der Waals surface area (Å²) in [5.41, 5.74) is -0.944. The molecule has 0 aromatic carbocycles. The highest BCUT2D eigenvalue weighted by atomic mass is 16.6. The number of nitrogens with one attached hydrogen (secondary N) is 1. The highest BCUT2D eigenvalue weighted by molar-refractivity contribution is 5.98. The summed E-state index contributed by atoms with van der Waals surface area (Å²) in [4.78, 5) is 41.3. The van der Waals surface area contributed by atoms with Gasteiger partial charge in [0, 0.05) is 19.2 Å². The molecule has 176 valence electrons. The first-order valence-corrected chi connectivity index (χ1v) is 12.0. The standard InChI is InChI=1S/C23H38N2O6/c1-4-10-15(3)24-20(27)19-23-12-11-16(31-23)17(22(29)30-5-2)18(23)21(28)25(19)13-8-6-7-9-14-26/h15-19,26H,4-14H2,1-3H3,(H,24,27)/t15?,16-,17+,18+,19?,23?/m1/s1. The Bertz CT molecular complexity index is 670. The van der Waals surface area contributed by atoms with E-state index in [4.69, 9.17) is 14.6 Å². The van der Waals surface area contributed by atoms with Crippen molar-refractivity contribution in [3.8, 4) is 0 Å². The topological polar surface area (TPSA) is 105 Å². The van der Waals surface area contributed by atoms with Crippen LogP contribution in [0.15, 0.2) is 0 Å². The summed E-state index contributed by atoms with van der Waals surface area (Å²) in [6.07, 6.45) is 5.94. The van der Waals surface area contributed by atoms with E-state index in [1.807, 2.05) is 6.92 Å². The molecule has 2 bridgehead atoms. The van der Waals surface area contributed by atoms with Crippen molar-refractivity contribution in [2.45, 2.75) is 95.9 Å². The number of nitrogens with zero attached hydrogens (tertiary/aromatic N) is 1. The minimum atomic E-state index is -0.944. The molecule has 6 atom stereocenters. The summed E-state index contributed by atoms with van der Waals surface area (Å²) in [5.74, 6) is -2.03. The Morgan fingerprint density at radius 2 is 2.03 bits per heavy atom. The zero-order valence-electron chi connectivity index (χ0n) is 19.1. The summed E-state index contributed by atoms with van der Waals surface area (Å²) >= 11 is 0. The number of carbonyl (C=O) groups excluding carboxylic acids is 3. The maximum absolute atomic E-state index is 13.6. The van der Waals surface area contributed by atoms with Crippen molar-refractivity contribution in [3.63, 3.8) is 0 Å². The zero-order valence-corrected chi connectivity index (χ0v) is 19.1. The lowest BCUT2D eigenvalue weighted by molar-refractivity contribution is -0.154. The van der Waals surface area contributed by atoms with Gasteiger partial charge in [-0.2, -0.15) is 0 Å². The average Bonchev–Trinajstić information content (AvgIpc) is 3.35. The van der Waals surface area contributed by atoms with Crippen molar-refractivity contribution >= 4 is 17.8 Å². The summed E-state index contributed by atoms with van der Waals surface area (Å²) < 4.78 is 11.6. The van der Waals surface area contributed by atoms with Crippen LogP contribution >= 0.6 is 0 Å². The highest BCUT2D eigenvalue weighted by Crippen LogP contribution is 2.58. The highest BCUT2D eigenvalue weighted by Gasteiger charge is 2.74. The first-order chi connectivity index (χ1) is 14.9. The van der Waals surface area contributed by atoms with Gasteiger partial charge in [0.2, 0.25) is 11.8 Å². The van der Waals surface area contributed by atoms with Crippen molar-refractivity contribution in [2.75, 3.05) is 19.8 Å². The number of esters is 1. The molecule has 3 fully saturated rings. The fourth-order valence-electron chi connectivity index (χ4n) is 5.77. The lowest BCUT2D eigenvalue weighted by Crippen LogP contribution is -2.56. The van der Waals surface area contributed by atoms with Gasteiger partial charge >= 0.3 is 5.97 Å². The lowest BCUT2D eigenvalue weighted by Gasteiger charge is -2.34. The van der Waals surface area contributed by atoms with E-state index in [0.29, 0.717) is 19.4 Å². The van der Waals surface area contributed by atoms with Crippen LogP contribution in [-0.4, -0.2) is 71.3 Å². The number of fused-ring (bicyclic) bond motifs is 1. The van der Waals surface area contributed by atoms with Crippen molar-refractivity contribution < 1.29 is 29.0 Å². The number of amides is 2. The Labute approximate surface area is 185 Å². The fraction of sp³-hybridized carbons (Fsp3) is 0.870. The van der Waals surface area contributed by atoms with Crippen LogP contribution in [0.25, 0.3) is 0 Å². The molecule has 3 saturated heterocycles. The number of unbranched alkanes of at least 4 members (excludes halogenated alkanes) is 3. The average molecular weight is 439 g/mol. The number of hydrogen-bond acceptors (Lipinski definition) is 6. The molecule has 8 heteroatoms. The molecule has 0 aromatic heterocycles. The zero-order chi connectivity index (χ0) is 22.6. The third-order valence-electron chi connectivity index (χ3n) is 7.02. The maximum atomic E-state index is 13.6. The normalized spacial score (nSPS) is 32.3. The third-order valence-corrected chi connectivity index (χ3v) is 7.02. The van der Waals surface area contributed by atoms with Crippen LogP contribution in [-0.2, 0) is 23.9 Å². The van der Waals surface area contributed by atoms with Crippen LogP contribution in [0.5, 0.6) is 0 Å². The van der Waals surface area contributed by atoms with Crippen LogP contribution < -0.4 is 5.32 Å². The van der Waals surface area contributed by atoms with Crippen LogP contribution in [0, 0.1) is 11.8 Å². The SMILES string of the molecule is CCCC(C)NC(=O)C1N(CCCCCCO)C(=O)[C@@H]2[C@@H](C(=O)OCC)[C@H]3CCC12O3. The molecular weight excluding hydrogens is 400 g/mol. The van der Waals surface area contributed by atoms with E-state index in [0.717, 1.165) is 38.5 Å². The van der Waals surface area contributed by atoms with E-state index < -0.39 is 29.4 Å². The largest absolute Gasteiger partial charge is 0.466 e. The summed E-state index contributed by atoms with van der Waals surface area (Å²) in [7, 11) is 0. The second-order valence-electron chi connectivity index (χ2n) is 9.18. The number of hydrogen-bond donors (Lipinski definition) is 2. The smallest absolute Gasteiger partial charge is 0.312 e.